The standard InChI is InChI=1S/C11H22N2O/c1-9(8-12-3)11-6-4-5-7-13(11)10(2)14/h9,11-12H,4-8H2,1-3H3. The van der Waals surface area contributed by atoms with E-state index in [4.69, 9.17) is 0 Å². The van der Waals surface area contributed by atoms with Crippen LogP contribution in [0.25, 0.3) is 0 Å². The van der Waals surface area contributed by atoms with Gasteiger partial charge in [-0.15, -0.1) is 0 Å². The maximum Gasteiger partial charge on any atom is 0.219 e. The van der Waals surface area contributed by atoms with Gasteiger partial charge in [-0.05, 0) is 38.8 Å². The summed E-state index contributed by atoms with van der Waals surface area (Å²) < 4.78 is 0. The minimum atomic E-state index is 0.234. The van der Waals surface area contributed by atoms with Crippen LogP contribution < -0.4 is 5.32 Å². The molecular weight excluding hydrogens is 176 g/mol. The van der Waals surface area contributed by atoms with Crippen LogP contribution in [-0.2, 0) is 4.79 Å². The van der Waals surface area contributed by atoms with Crippen molar-refractivity contribution >= 4 is 5.91 Å². The molecule has 1 fully saturated rings. The largest absolute Gasteiger partial charge is 0.340 e. The highest BCUT2D eigenvalue weighted by Gasteiger charge is 2.28. The fraction of sp³-hybridized carbons (Fsp3) is 0.909. The molecule has 1 rings (SSSR count). The van der Waals surface area contributed by atoms with Crippen molar-refractivity contribution in [2.75, 3.05) is 20.1 Å². The monoisotopic (exact) mass is 198 g/mol. The highest BCUT2D eigenvalue weighted by Crippen LogP contribution is 2.22. The third-order valence-electron chi connectivity index (χ3n) is 3.14. The van der Waals surface area contributed by atoms with E-state index in [-0.39, 0.29) is 5.91 Å². The molecule has 0 aliphatic carbocycles. The summed E-state index contributed by atoms with van der Waals surface area (Å²) >= 11 is 0. The zero-order chi connectivity index (χ0) is 10.6. The van der Waals surface area contributed by atoms with E-state index < -0.39 is 0 Å². The number of nitrogens with one attached hydrogen (secondary N) is 1. The molecule has 0 saturated carbocycles. The maximum atomic E-state index is 11.4. The number of piperidine rings is 1. The summed E-state index contributed by atoms with van der Waals surface area (Å²) in [6.45, 7) is 5.86. The number of carbonyl (C=O) groups excluding carboxylic acids is 1. The van der Waals surface area contributed by atoms with Gasteiger partial charge >= 0.3 is 0 Å². The fourth-order valence-electron chi connectivity index (χ4n) is 2.40. The summed E-state index contributed by atoms with van der Waals surface area (Å²) in [5.74, 6) is 0.793. The van der Waals surface area contributed by atoms with Crippen molar-refractivity contribution in [3.63, 3.8) is 0 Å². The molecular formula is C11H22N2O. The van der Waals surface area contributed by atoms with Gasteiger partial charge in [0.25, 0.3) is 0 Å². The first kappa shape index (κ1) is 11.5. The van der Waals surface area contributed by atoms with Crippen LogP contribution in [0.3, 0.4) is 0 Å². The molecule has 2 atom stereocenters. The lowest BCUT2D eigenvalue weighted by Crippen LogP contribution is -2.47. The number of carbonyl (C=O) groups is 1. The van der Waals surface area contributed by atoms with Crippen LogP contribution in [0.2, 0.25) is 0 Å². The Hall–Kier alpha value is -0.570. The highest BCUT2D eigenvalue weighted by molar-refractivity contribution is 5.73. The second-order valence-electron chi connectivity index (χ2n) is 4.31. The predicted molar refractivity (Wildman–Crippen MR) is 58.1 cm³/mol. The molecule has 2 unspecified atom stereocenters. The van der Waals surface area contributed by atoms with E-state index in [2.05, 4.69) is 12.2 Å². The number of rotatable bonds is 3. The van der Waals surface area contributed by atoms with E-state index in [9.17, 15) is 4.79 Å². The molecule has 14 heavy (non-hydrogen) atoms. The van der Waals surface area contributed by atoms with Crippen LogP contribution in [0.4, 0.5) is 0 Å². The Morgan fingerprint density at radius 3 is 2.86 bits per heavy atom. The number of hydrogen-bond acceptors (Lipinski definition) is 2. The number of likely N-dealkylation sites (tertiary alicyclic amines) is 1. The highest BCUT2D eigenvalue weighted by atomic mass is 16.2. The zero-order valence-corrected chi connectivity index (χ0v) is 9.55. The Morgan fingerprint density at radius 1 is 1.57 bits per heavy atom. The molecule has 1 saturated heterocycles. The lowest BCUT2D eigenvalue weighted by atomic mass is 9.91. The van der Waals surface area contributed by atoms with Crippen molar-refractivity contribution in [2.45, 2.75) is 39.2 Å². The quantitative estimate of drug-likeness (QED) is 0.740. The molecule has 0 bridgehead atoms. The van der Waals surface area contributed by atoms with Crippen LogP contribution in [0, 0.1) is 5.92 Å². The lowest BCUT2D eigenvalue weighted by molar-refractivity contribution is -0.133. The van der Waals surface area contributed by atoms with Gasteiger partial charge in [0.05, 0.1) is 0 Å². The number of hydrogen-bond donors (Lipinski definition) is 1. The Morgan fingerprint density at radius 2 is 2.29 bits per heavy atom. The van der Waals surface area contributed by atoms with E-state index in [1.54, 1.807) is 6.92 Å². The van der Waals surface area contributed by atoms with Crippen LogP contribution in [-0.4, -0.2) is 37.0 Å². The Labute approximate surface area is 86.9 Å². The SMILES string of the molecule is CNCC(C)C1CCCCN1C(C)=O. The molecule has 0 aromatic heterocycles. The van der Waals surface area contributed by atoms with E-state index in [0.717, 1.165) is 13.1 Å². The smallest absolute Gasteiger partial charge is 0.219 e. The summed E-state index contributed by atoms with van der Waals surface area (Å²) in [5, 5.41) is 3.19. The molecule has 0 radical (unpaired) electrons. The molecule has 1 N–H and O–H groups in total. The minimum absolute atomic E-state index is 0.234. The Balaban J connectivity index is 2.57. The molecule has 1 heterocycles. The molecule has 1 aliphatic rings. The van der Waals surface area contributed by atoms with E-state index >= 15 is 0 Å². The van der Waals surface area contributed by atoms with Gasteiger partial charge in [0.1, 0.15) is 0 Å². The van der Waals surface area contributed by atoms with Crippen molar-refractivity contribution in [3.8, 4) is 0 Å². The van der Waals surface area contributed by atoms with Crippen molar-refractivity contribution in [2.24, 2.45) is 5.92 Å². The first-order valence-electron chi connectivity index (χ1n) is 5.58. The average Bonchev–Trinajstić information content (AvgIpc) is 2.18. The molecule has 0 spiro atoms. The lowest BCUT2D eigenvalue weighted by Gasteiger charge is -2.38. The summed E-state index contributed by atoms with van der Waals surface area (Å²) in [6.07, 6.45) is 3.60. The van der Waals surface area contributed by atoms with E-state index in [1.807, 2.05) is 11.9 Å². The molecule has 1 aliphatic heterocycles. The van der Waals surface area contributed by atoms with Crippen LogP contribution in [0.15, 0.2) is 0 Å². The summed E-state index contributed by atoms with van der Waals surface area (Å²) in [7, 11) is 1.97. The molecule has 0 aromatic rings. The predicted octanol–water partition coefficient (Wildman–Crippen LogP) is 1.24. The van der Waals surface area contributed by atoms with Crippen LogP contribution >= 0.6 is 0 Å². The second kappa shape index (κ2) is 5.35. The molecule has 3 heteroatoms. The second-order valence-corrected chi connectivity index (χ2v) is 4.31. The third-order valence-corrected chi connectivity index (χ3v) is 3.14. The summed E-state index contributed by atoms with van der Waals surface area (Å²) in [4.78, 5) is 13.5. The van der Waals surface area contributed by atoms with Crippen molar-refractivity contribution in [1.29, 1.82) is 0 Å². The normalized spacial score (nSPS) is 24.8. The van der Waals surface area contributed by atoms with E-state index in [1.165, 1.54) is 19.3 Å². The first-order chi connectivity index (χ1) is 6.66. The van der Waals surface area contributed by atoms with Crippen LogP contribution in [0.5, 0.6) is 0 Å². The summed E-state index contributed by atoms with van der Waals surface area (Å²) in [6, 6.07) is 0.452. The van der Waals surface area contributed by atoms with Gasteiger partial charge in [-0.3, -0.25) is 4.79 Å². The third kappa shape index (κ3) is 2.71. The minimum Gasteiger partial charge on any atom is -0.340 e. The van der Waals surface area contributed by atoms with Crippen LogP contribution in [0.1, 0.15) is 33.1 Å². The van der Waals surface area contributed by atoms with E-state index in [0.29, 0.717) is 12.0 Å². The Bertz CT molecular complexity index is 194. The van der Waals surface area contributed by atoms with Gasteiger partial charge < -0.3 is 10.2 Å². The van der Waals surface area contributed by atoms with Gasteiger partial charge in [-0.2, -0.15) is 0 Å². The van der Waals surface area contributed by atoms with Crippen molar-refractivity contribution in [3.05, 3.63) is 0 Å². The maximum absolute atomic E-state index is 11.4. The topological polar surface area (TPSA) is 32.3 Å². The molecule has 1 amide bonds. The van der Waals surface area contributed by atoms with Gasteiger partial charge in [0.2, 0.25) is 5.91 Å². The Kier molecular flexibility index (Phi) is 4.39. The van der Waals surface area contributed by atoms with Gasteiger partial charge in [-0.25, -0.2) is 0 Å². The van der Waals surface area contributed by atoms with Gasteiger partial charge in [-0.1, -0.05) is 6.92 Å². The van der Waals surface area contributed by atoms with Crippen molar-refractivity contribution < 1.29 is 4.79 Å². The summed E-state index contributed by atoms with van der Waals surface area (Å²) in [5.41, 5.74) is 0. The number of amides is 1. The first-order valence-corrected chi connectivity index (χ1v) is 5.58. The molecule has 3 nitrogen and oxygen atoms in total. The zero-order valence-electron chi connectivity index (χ0n) is 9.55. The molecule has 82 valence electrons. The van der Waals surface area contributed by atoms with Gasteiger partial charge in [0.15, 0.2) is 0 Å². The number of nitrogens with zero attached hydrogens (tertiary/aromatic N) is 1. The average molecular weight is 198 g/mol. The van der Waals surface area contributed by atoms with Gasteiger partial charge in [0, 0.05) is 19.5 Å². The van der Waals surface area contributed by atoms with Crippen molar-refractivity contribution in [1.82, 2.24) is 10.2 Å². The molecule has 0 aromatic carbocycles. The fourth-order valence-corrected chi connectivity index (χ4v) is 2.40.